The van der Waals surface area contributed by atoms with E-state index in [0.717, 1.165) is 12.1 Å². The first-order chi connectivity index (χ1) is 8.86. The number of anilines is 1. The smallest absolute Gasteiger partial charge is 0.0818 e. The van der Waals surface area contributed by atoms with Gasteiger partial charge in [-0.1, -0.05) is 32.9 Å². The highest BCUT2D eigenvalue weighted by molar-refractivity contribution is 5.46. The molecule has 3 unspecified atom stereocenters. The van der Waals surface area contributed by atoms with Crippen LogP contribution in [0.3, 0.4) is 0 Å². The van der Waals surface area contributed by atoms with E-state index >= 15 is 0 Å². The number of hydrogen-bond donors (Lipinski definition) is 3. The molecule has 3 atom stereocenters. The maximum atomic E-state index is 9.69. The Kier molecular flexibility index (Phi) is 4.16. The van der Waals surface area contributed by atoms with Crippen LogP contribution >= 0.6 is 0 Å². The molecule has 0 aromatic heterocycles. The molecule has 1 aromatic rings. The molecule has 0 heterocycles. The quantitative estimate of drug-likeness (QED) is 0.769. The molecule has 0 saturated heterocycles. The molecule has 3 nitrogen and oxygen atoms in total. The standard InChI is InChI=1S/C16H25NO2/c1-16(2,3)11-4-6-12(7-5-11)17-13-8-9-14(18)15(19)10-13/h4-7,13-15,17-19H,8-10H2,1-3H3. The van der Waals surface area contributed by atoms with Crippen LogP contribution in [0.25, 0.3) is 0 Å². The fraction of sp³-hybridized carbons (Fsp3) is 0.625. The summed E-state index contributed by atoms with van der Waals surface area (Å²) in [5, 5.41) is 22.6. The summed E-state index contributed by atoms with van der Waals surface area (Å²) in [5.41, 5.74) is 2.57. The van der Waals surface area contributed by atoms with Crippen molar-refractivity contribution >= 4 is 5.69 Å². The Labute approximate surface area is 115 Å². The molecule has 1 aliphatic rings. The van der Waals surface area contributed by atoms with Crippen molar-refractivity contribution in [3.8, 4) is 0 Å². The van der Waals surface area contributed by atoms with Crippen LogP contribution in [-0.4, -0.2) is 28.5 Å². The number of hydrogen-bond acceptors (Lipinski definition) is 3. The fourth-order valence-electron chi connectivity index (χ4n) is 2.56. The van der Waals surface area contributed by atoms with Gasteiger partial charge in [-0.15, -0.1) is 0 Å². The summed E-state index contributed by atoms with van der Waals surface area (Å²) in [6, 6.07) is 8.74. The van der Waals surface area contributed by atoms with Gasteiger partial charge in [-0.05, 0) is 42.4 Å². The summed E-state index contributed by atoms with van der Waals surface area (Å²) in [6.07, 6.45) is 1.03. The second-order valence-corrected chi connectivity index (χ2v) is 6.62. The van der Waals surface area contributed by atoms with E-state index in [1.807, 2.05) is 0 Å². The molecule has 0 bridgehead atoms. The third kappa shape index (κ3) is 3.71. The zero-order chi connectivity index (χ0) is 14.0. The van der Waals surface area contributed by atoms with E-state index in [0.29, 0.717) is 12.8 Å². The minimum atomic E-state index is -0.597. The van der Waals surface area contributed by atoms with Crippen molar-refractivity contribution in [2.45, 2.75) is 63.7 Å². The third-order valence-corrected chi connectivity index (χ3v) is 3.90. The van der Waals surface area contributed by atoms with E-state index < -0.39 is 12.2 Å². The molecule has 1 aliphatic carbocycles. The second-order valence-electron chi connectivity index (χ2n) is 6.62. The lowest BCUT2D eigenvalue weighted by molar-refractivity contribution is -0.0119. The highest BCUT2D eigenvalue weighted by Gasteiger charge is 2.27. The highest BCUT2D eigenvalue weighted by atomic mass is 16.3. The first kappa shape index (κ1) is 14.4. The lowest BCUT2D eigenvalue weighted by atomic mass is 9.87. The van der Waals surface area contributed by atoms with Crippen molar-refractivity contribution in [2.24, 2.45) is 0 Å². The first-order valence-electron chi connectivity index (χ1n) is 7.09. The summed E-state index contributed by atoms with van der Waals surface area (Å²) in [7, 11) is 0. The number of aliphatic hydroxyl groups is 2. The average molecular weight is 263 g/mol. The van der Waals surface area contributed by atoms with Gasteiger partial charge in [0.1, 0.15) is 0 Å². The number of aliphatic hydroxyl groups excluding tert-OH is 2. The molecule has 0 amide bonds. The minimum absolute atomic E-state index is 0.170. The molecule has 1 fully saturated rings. The summed E-state index contributed by atoms with van der Waals surface area (Å²) in [4.78, 5) is 0. The van der Waals surface area contributed by atoms with Gasteiger partial charge in [0.25, 0.3) is 0 Å². The second kappa shape index (κ2) is 5.51. The van der Waals surface area contributed by atoms with Crippen molar-refractivity contribution in [3.63, 3.8) is 0 Å². The zero-order valence-electron chi connectivity index (χ0n) is 12.1. The summed E-state index contributed by atoms with van der Waals surface area (Å²) in [5.74, 6) is 0. The lowest BCUT2D eigenvalue weighted by Gasteiger charge is -2.31. The normalized spacial score (nSPS) is 28.2. The number of nitrogens with one attached hydrogen (secondary N) is 1. The monoisotopic (exact) mass is 263 g/mol. The molecule has 19 heavy (non-hydrogen) atoms. The molecular weight excluding hydrogens is 238 g/mol. The molecule has 3 heteroatoms. The Hall–Kier alpha value is -1.06. The van der Waals surface area contributed by atoms with Crippen LogP contribution in [0.1, 0.15) is 45.6 Å². The Balaban J connectivity index is 1.97. The van der Waals surface area contributed by atoms with Crippen LogP contribution in [0.5, 0.6) is 0 Å². The molecule has 1 saturated carbocycles. The van der Waals surface area contributed by atoms with Gasteiger partial charge in [-0.25, -0.2) is 0 Å². The zero-order valence-corrected chi connectivity index (χ0v) is 12.1. The van der Waals surface area contributed by atoms with Crippen LogP contribution in [0, 0.1) is 0 Å². The van der Waals surface area contributed by atoms with Crippen LogP contribution in [0.2, 0.25) is 0 Å². The van der Waals surface area contributed by atoms with Gasteiger partial charge >= 0.3 is 0 Å². The van der Waals surface area contributed by atoms with Gasteiger partial charge in [0.2, 0.25) is 0 Å². The van der Waals surface area contributed by atoms with Crippen LogP contribution < -0.4 is 5.32 Å². The van der Waals surface area contributed by atoms with Gasteiger partial charge in [-0.2, -0.15) is 0 Å². The van der Waals surface area contributed by atoms with Crippen molar-refractivity contribution < 1.29 is 10.2 Å². The first-order valence-corrected chi connectivity index (χ1v) is 7.09. The van der Waals surface area contributed by atoms with E-state index in [4.69, 9.17) is 0 Å². The van der Waals surface area contributed by atoms with Crippen molar-refractivity contribution in [2.75, 3.05) is 5.32 Å². The SMILES string of the molecule is CC(C)(C)c1ccc(NC2CCC(O)C(O)C2)cc1. The Bertz CT molecular complexity index is 408. The van der Waals surface area contributed by atoms with Crippen LogP contribution in [0.4, 0.5) is 5.69 Å². The molecule has 106 valence electrons. The van der Waals surface area contributed by atoms with E-state index in [1.54, 1.807) is 0 Å². The molecule has 0 spiro atoms. The molecule has 3 N–H and O–H groups in total. The van der Waals surface area contributed by atoms with Gasteiger partial charge in [-0.3, -0.25) is 0 Å². The Morgan fingerprint density at radius 3 is 2.16 bits per heavy atom. The fourth-order valence-corrected chi connectivity index (χ4v) is 2.56. The predicted octanol–water partition coefficient (Wildman–Crippen LogP) is 2.67. The highest BCUT2D eigenvalue weighted by Crippen LogP contribution is 2.26. The molecule has 0 radical (unpaired) electrons. The van der Waals surface area contributed by atoms with Gasteiger partial charge in [0.15, 0.2) is 0 Å². The predicted molar refractivity (Wildman–Crippen MR) is 78.4 cm³/mol. The minimum Gasteiger partial charge on any atom is -0.390 e. The molecular formula is C16H25NO2. The molecule has 1 aromatic carbocycles. The van der Waals surface area contributed by atoms with E-state index in [2.05, 4.69) is 50.4 Å². The van der Waals surface area contributed by atoms with E-state index in [9.17, 15) is 10.2 Å². The van der Waals surface area contributed by atoms with Crippen LogP contribution in [0.15, 0.2) is 24.3 Å². The van der Waals surface area contributed by atoms with E-state index in [1.165, 1.54) is 5.56 Å². The third-order valence-electron chi connectivity index (χ3n) is 3.90. The maximum Gasteiger partial charge on any atom is 0.0818 e. The van der Waals surface area contributed by atoms with Gasteiger partial charge in [0.05, 0.1) is 12.2 Å². The van der Waals surface area contributed by atoms with Gasteiger partial charge in [0, 0.05) is 11.7 Å². The maximum absolute atomic E-state index is 9.69. The summed E-state index contributed by atoms with van der Waals surface area (Å²) < 4.78 is 0. The summed E-state index contributed by atoms with van der Waals surface area (Å²) in [6.45, 7) is 6.61. The topological polar surface area (TPSA) is 52.5 Å². The molecule has 2 rings (SSSR count). The van der Waals surface area contributed by atoms with Crippen molar-refractivity contribution in [1.82, 2.24) is 0 Å². The summed E-state index contributed by atoms with van der Waals surface area (Å²) >= 11 is 0. The molecule has 0 aliphatic heterocycles. The largest absolute Gasteiger partial charge is 0.390 e. The van der Waals surface area contributed by atoms with E-state index in [-0.39, 0.29) is 11.5 Å². The Morgan fingerprint density at radius 1 is 1.00 bits per heavy atom. The van der Waals surface area contributed by atoms with Crippen LogP contribution in [-0.2, 0) is 5.41 Å². The number of benzene rings is 1. The van der Waals surface area contributed by atoms with Gasteiger partial charge < -0.3 is 15.5 Å². The van der Waals surface area contributed by atoms with Crippen molar-refractivity contribution in [3.05, 3.63) is 29.8 Å². The van der Waals surface area contributed by atoms with Crippen molar-refractivity contribution in [1.29, 1.82) is 0 Å². The number of rotatable bonds is 2. The Morgan fingerprint density at radius 2 is 1.63 bits per heavy atom. The average Bonchev–Trinajstić information content (AvgIpc) is 2.33. The lowest BCUT2D eigenvalue weighted by Crippen LogP contribution is -2.39.